The molecule has 0 spiro atoms. The summed E-state index contributed by atoms with van der Waals surface area (Å²) in [6, 6.07) is 3.64. The van der Waals surface area contributed by atoms with Gasteiger partial charge in [-0.3, -0.25) is 0 Å². The zero-order chi connectivity index (χ0) is 12.8. The Bertz CT molecular complexity index is 360. The van der Waals surface area contributed by atoms with E-state index in [0.29, 0.717) is 12.0 Å². The number of nitrogens with zero attached hydrogens (tertiary/aromatic N) is 1. The zero-order valence-electron chi connectivity index (χ0n) is 10.6. The maximum Gasteiger partial charge on any atom is 0.354 e. The van der Waals surface area contributed by atoms with Gasteiger partial charge in [0.05, 0.1) is 11.9 Å². The summed E-state index contributed by atoms with van der Waals surface area (Å²) in [4.78, 5) is 14.5. The number of carbonyl (C=O) groups is 1. The van der Waals surface area contributed by atoms with Gasteiger partial charge in [0.15, 0.2) is 0 Å². The van der Waals surface area contributed by atoms with E-state index >= 15 is 0 Å². The van der Waals surface area contributed by atoms with Crippen LogP contribution in [0, 0.1) is 5.92 Å². The number of carboxylic acid groups (broad SMARTS) is 1. The number of carboxylic acids is 1. The number of hydrogen-bond acceptors (Lipinski definition) is 3. The molecule has 4 nitrogen and oxygen atoms in total. The third kappa shape index (κ3) is 4.85. The van der Waals surface area contributed by atoms with Crippen LogP contribution >= 0.6 is 0 Å². The van der Waals surface area contributed by atoms with Gasteiger partial charge in [-0.1, -0.05) is 13.8 Å². The standard InChI is InChI=1S/C13H20N2O2/c1-9(2)4-5-10(3)15-11-6-7-12(13(16)17)14-8-11/h6-10,15H,4-5H2,1-3H3,(H,16,17). The lowest BCUT2D eigenvalue weighted by Crippen LogP contribution is -2.16. The molecule has 1 atom stereocenters. The summed E-state index contributed by atoms with van der Waals surface area (Å²) in [7, 11) is 0. The van der Waals surface area contributed by atoms with Crippen LogP contribution in [0.5, 0.6) is 0 Å². The molecule has 94 valence electrons. The minimum atomic E-state index is -0.996. The molecule has 1 aromatic rings. The smallest absolute Gasteiger partial charge is 0.354 e. The molecule has 2 N–H and O–H groups in total. The lowest BCUT2D eigenvalue weighted by Gasteiger charge is -2.16. The minimum Gasteiger partial charge on any atom is -0.477 e. The van der Waals surface area contributed by atoms with Crippen molar-refractivity contribution in [2.45, 2.75) is 39.7 Å². The molecule has 17 heavy (non-hydrogen) atoms. The van der Waals surface area contributed by atoms with Crippen LogP contribution in [0.3, 0.4) is 0 Å². The number of aromatic nitrogens is 1. The maximum absolute atomic E-state index is 10.6. The van der Waals surface area contributed by atoms with Gasteiger partial charge in [0.25, 0.3) is 0 Å². The molecule has 0 saturated heterocycles. The SMILES string of the molecule is CC(C)CCC(C)Nc1ccc(C(=O)O)nc1. The molecule has 0 aliphatic heterocycles. The van der Waals surface area contributed by atoms with E-state index in [0.717, 1.165) is 12.1 Å². The summed E-state index contributed by atoms with van der Waals surface area (Å²) in [5.74, 6) is -0.295. The number of pyridine rings is 1. The molecule has 1 aromatic heterocycles. The van der Waals surface area contributed by atoms with Gasteiger partial charge in [-0.25, -0.2) is 9.78 Å². The number of aromatic carboxylic acids is 1. The molecule has 0 saturated carbocycles. The van der Waals surface area contributed by atoms with Crippen molar-refractivity contribution in [2.75, 3.05) is 5.32 Å². The van der Waals surface area contributed by atoms with Gasteiger partial charge in [-0.2, -0.15) is 0 Å². The molecule has 0 aliphatic rings. The summed E-state index contributed by atoms with van der Waals surface area (Å²) in [6.07, 6.45) is 3.84. The number of nitrogens with one attached hydrogen (secondary N) is 1. The molecule has 1 heterocycles. The Labute approximate surface area is 102 Å². The lowest BCUT2D eigenvalue weighted by atomic mass is 10.0. The molecule has 0 amide bonds. The molecule has 0 fully saturated rings. The first-order valence-corrected chi connectivity index (χ1v) is 5.95. The average molecular weight is 236 g/mol. The zero-order valence-corrected chi connectivity index (χ0v) is 10.6. The first kappa shape index (κ1) is 13.5. The van der Waals surface area contributed by atoms with Gasteiger partial charge in [-0.05, 0) is 37.8 Å². The second-order valence-electron chi connectivity index (χ2n) is 4.75. The van der Waals surface area contributed by atoms with Gasteiger partial charge in [-0.15, -0.1) is 0 Å². The van der Waals surface area contributed by atoms with Crippen LogP contribution in [0.15, 0.2) is 18.3 Å². The Morgan fingerprint density at radius 3 is 2.53 bits per heavy atom. The highest BCUT2D eigenvalue weighted by atomic mass is 16.4. The van der Waals surface area contributed by atoms with Gasteiger partial charge in [0.2, 0.25) is 0 Å². The van der Waals surface area contributed by atoms with Gasteiger partial charge < -0.3 is 10.4 Å². The summed E-state index contributed by atoms with van der Waals surface area (Å²) in [6.45, 7) is 6.53. The van der Waals surface area contributed by atoms with Crippen LogP contribution < -0.4 is 5.32 Å². The summed E-state index contributed by atoms with van der Waals surface area (Å²) in [5, 5.41) is 12.0. The largest absolute Gasteiger partial charge is 0.477 e. The first-order valence-electron chi connectivity index (χ1n) is 5.95. The van der Waals surface area contributed by atoms with Crippen molar-refractivity contribution in [3.05, 3.63) is 24.0 Å². The monoisotopic (exact) mass is 236 g/mol. The molecular weight excluding hydrogens is 216 g/mol. The predicted octanol–water partition coefficient (Wildman–Crippen LogP) is 3.02. The molecule has 0 radical (unpaired) electrons. The van der Waals surface area contributed by atoms with Crippen molar-refractivity contribution in [3.8, 4) is 0 Å². The number of hydrogen-bond donors (Lipinski definition) is 2. The fourth-order valence-electron chi connectivity index (χ4n) is 1.55. The highest BCUT2D eigenvalue weighted by Gasteiger charge is 2.06. The molecule has 0 aromatic carbocycles. The Morgan fingerprint density at radius 1 is 1.35 bits per heavy atom. The van der Waals surface area contributed by atoms with Crippen LogP contribution in [0.4, 0.5) is 5.69 Å². The maximum atomic E-state index is 10.6. The highest BCUT2D eigenvalue weighted by molar-refractivity contribution is 5.85. The Hall–Kier alpha value is -1.58. The van der Waals surface area contributed by atoms with Crippen molar-refractivity contribution >= 4 is 11.7 Å². The van der Waals surface area contributed by atoms with Crippen molar-refractivity contribution in [3.63, 3.8) is 0 Å². The summed E-state index contributed by atoms with van der Waals surface area (Å²) in [5.41, 5.74) is 0.941. The quantitative estimate of drug-likeness (QED) is 0.797. The van der Waals surface area contributed by atoms with E-state index < -0.39 is 5.97 Å². The highest BCUT2D eigenvalue weighted by Crippen LogP contribution is 2.12. The molecule has 0 aliphatic carbocycles. The van der Waals surface area contributed by atoms with Gasteiger partial charge >= 0.3 is 5.97 Å². The van der Waals surface area contributed by atoms with E-state index in [1.165, 1.54) is 12.5 Å². The Kier molecular flexibility index (Phi) is 4.94. The number of rotatable bonds is 6. The van der Waals surface area contributed by atoms with Crippen LogP contribution in [0.2, 0.25) is 0 Å². The van der Waals surface area contributed by atoms with Crippen molar-refractivity contribution in [1.29, 1.82) is 0 Å². The van der Waals surface area contributed by atoms with E-state index in [1.54, 1.807) is 12.3 Å². The summed E-state index contributed by atoms with van der Waals surface area (Å²) < 4.78 is 0. The van der Waals surface area contributed by atoms with Gasteiger partial charge in [0, 0.05) is 6.04 Å². The minimum absolute atomic E-state index is 0.0744. The first-order chi connectivity index (χ1) is 7.99. The van der Waals surface area contributed by atoms with Crippen molar-refractivity contribution in [1.82, 2.24) is 4.98 Å². The van der Waals surface area contributed by atoms with E-state index in [1.807, 2.05) is 0 Å². The van der Waals surface area contributed by atoms with E-state index in [2.05, 4.69) is 31.1 Å². The van der Waals surface area contributed by atoms with Crippen LogP contribution in [-0.2, 0) is 0 Å². The van der Waals surface area contributed by atoms with E-state index in [4.69, 9.17) is 5.11 Å². The Balaban J connectivity index is 2.48. The third-order valence-electron chi connectivity index (χ3n) is 2.57. The average Bonchev–Trinajstić information content (AvgIpc) is 2.27. The predicted molar refractivity (Wildman–Crippen MR) is 68.4 cm³/mol. The molecule has 4 heteroatoms. The van der Waals surface area contributed by atoms with Gasteiger partial charge in [0.1, 0.15) is 5.69 Å². The van der Waals surface area contributed by atoms with E-state index in [9.17, 15) is 4.79 Å². The van der Waals surface area contributed by atoms with Crippen molar-refractivity contribution < 1.29 is 9.90 Å². The second-order valence-corrected chi connectivity index (χ2v) is 4.75. The fourth-order valence-corrected chi connectivity index (χ4v) is 1.55. The fraction of sp³-hybridized carbons (Fsp3) is 0.538. The Morgan fingerprint density at radius 2 is 2.06 bits per heavy atom. The van der Waals surface area contributed by atoms with E-state index in [-0.39, 0.29) is 5.69 Å². The van der Waals surface area contributed by atoms with Crippen LogP contribution in [0.1, 0.15) is 44.1 Å². The molecule has 1 unspecified atom stereocenters. The second kappa shape index (κ2) is 6.23. The normalized spacial score (nSPS) is 12.5. The summed E-state index contributed by atoms with van der Waals surface area (Å²) >= 11 is 0. The third-order valence-corrected chi connectivity index (χ3v) is 2.57. The number of anilines is 1. The topological polar surface area (TPSA) is 62.2 Å². The van der Waals surface area contributed by atoms with Crippen molar-refractivity contribution in [2.24, 2.45) is 5.92 Å². The van der Waals surface area contributed by atoms with Crippen LogP contribution in [-0.4, -0.2) is 22.1 Å². The molecule has 1 rings (SSSR count). The molecule has 0 bridgehead atoms. The van der Waals surface area contributed by atoms with Crippen LogP contribution in [0.25, 0.3) is 0 Å². The lowest BCUT2D eigenvalue weighted by molar-refractivity contribution is 0.0690. The molecular formula is C13H20N2O2.